The van der Waals surface area contributed by atoms with Crippen molar-refractivity contribution >= 4 is 46.9 Å². The molecule has 0 bridgehead atoms. The molecular formula is C29H30N4O9. The third-order valence-corrected chi connectivity index (χ3v) is 8.84. The average molecular weight is 579 g/mol. The number of hydrogen-bond acceptors (Lipinski definition) is 11. The Kier molecular flexibility index (Phi) is 6.78. The summed E-state index contributed by atoms with van der Waals surface area (Å²) in [5.41, 5.74) is 2.94. The van der Waals surface area contributed by atoms with Gasteiger partial charge in [-0.05, 0) is 50.6 Å². The summed E-state index contributed by atoms with van der Waals surface area (Å²) in [6, 6.07) is 1.61. The first-order chi connectivity index (χ1) is 19.7. The van der Waals surface area contributed by atoms with E-state index in [2.05, 4.69) is 0 Å². The third kappa shape index (κ3) is 3.87. The van der Waals surface area contributed by atoms with E-state index in [0.29, 0.717) is 17.5 Å². The molecule has 0 saturated heterocycles. The Morgan fingerprint density at radius 2 is 1.79 bits per heavy atom. The molecule has 0 spiro atoms. The van der Waals surface area contributed by atoms with Crippen LogP contribution in [0.15, 0.2) is 24.5 Å². The number of aliphatic hydroxyl groups is 1. The molecule has 0 radical (unpaired) electrons. The lowest BCUT2D eigenvalue weighted by Crippen LogP contribution is -2.74. The number of aldehydes is 1. The number of carbonyl (C=O) groups excluding carboxylic acids is 7. The third-order valence-electron chi connectivity index (χ3n) is 8.84. The molecule has 2 unspecified atom stereocenters. The number of carbonyl (C=O) groups is 7. The normalized spacial score (nSPS) is 28.7. The van der Waals surface area contributed by atoms with Crippen molar-refractivity contribution < 1.29 is 43.8 Å². The molecule has 13 nitrogen and oxygen atoms in total. The van der Waals surface area contributed by atoms with E-state index in [9.17, 15) is 43.8 Å². The molecule has 1 aromatic heterocycles. The van der Waals surface area contributed by atoms with Gasteiger partial charge < -0.3 is 20.8 Å². The summed E-state index contributed by atoms with van der Waals surface area (Å²) < 4.78 is 1.07. The summed E-state index contributed by atoms with van der Waals surface area (Å²) in [4.78, 5) is 94.4. The van der Waals surface area contributed by atoms with Crippen molar-refractivity contribution in [2.75, 3.05) is 33.1 Å². The zero-order valence-corrected chi connectivity index (χ0v) is 23.4. The Balaban J connectivity index is 1.67. The summed E-state index contributed by atoms with van der Waals surface area (Å²) in [7, 11) is 6.37. The Morgan fingerprint density at radius 1 is 1.12 bits per heavy atom. The lowest BCUT2D eigenvalue weighted by Gasteiger charge is -2.52. The molecule has 1 aromatic carbocycles. The van der Waals surface area contributed by atoms with Crippen molar-refractivity contribution in [1.29, 1.82) is 0 Å². The number of Topliss-reactive ketones (excluding diaryl/α,β-unsaturated/α-hetero) is 4. The van der Waals surface area contributed by atoms with E-state index in [1.165, 1.54) is 43.5 Å². The van der Waals surface area contributed by atoms with E-state index in [0.717, 1.165) is 4.57 Å². The van der Waals surface area contributed by atoms with Crippen LogP contribution in [-0.2, 0) is 25.6 Å². The van der Waals surface area contributed by atoms with E-state index in [-0.39, 0.29) is 29.5 Å². The number of aromatic hydroxyl groups is 1. The molecule has 3 aliphatic carbocycles. The van der Waals surface area contributed by atoms with Gasteiger partial charge in [-0.15, -0.1) is 0 Å². The van der Waals surface area contributed by atoms with E-state index in [4.69, 9.17) is 5.73 Å². The molecule has 6 atom stereocenters. The smallest absolute Gasteiger partial charge is 0.265 e. The second kappa shape index (κ2) is 9.81. The van der Waals surface area contributed by atoms with Gasteiger partial charge in [-0.2, -0.15) is 0 Å². The fourth-order valence-electron chi connectivity index (χ4n) is 6.96. The van der Waals surface area contributed by atoms with Crippen LogP contribution in [0.25, 0.3) is 0 Å². The van der Waals surface area contributed by atoms with E-state index < -0.39 is 76.0 Å². The van der Waals surface area contributed by atoms with E-state index in [1.54, 1.807) is 19.0 Å². The Morgan fingerprint density at radius 3 is 2.33 bits per heavy atom. The van der Waals surface area contributed by atoms with Gasteiger partial charge in [0.05, 0.1) is 23.1 Å². The molecule has 2 aromatic rings. The topological polar surface area (TPSA) is 197 Å². The minimum Gasteiger partial charge on any atom is -0.506 e. The minimum atomic E-state index is -2.85. The van der Waals surface area contributed by atoms with Gasteiger partial charge in [-0.3, -0.25) is 43.0 Å². The molecule has 3 aliphatic rings. The van der Waals surface area contributed by atoms with E-state index >= 15 is 0 Å². The number of hydrogen-bond donors (Lipinski definition) is 3. The number of fused-ring (bicyclic) bond motifs is 3. The summed E-state index contributed by atoms with van der Waals surface area (Å²) in [6.45, 7) is 0. The second-order valence-corrected chi connectivity index (χ2v) is 11.6. The van der Waals surface area contributed by atoms with Crippen LogP contribution in [0.2, 0.25) is 0 Å². The van der Waals surface area contributed by atoms with Gasteiger partial charge in [0.1, 0.15) is 5.75 Å². The van der Waals surface area contributed by atoms with Crippen LogP contribution >= 0.6 is 0 Å². The van der Waals surface area contributed by atoms with Gasteiger partial charge >= 0.3 is 0 Å². The number of nitrogens with zero attached hydrogens (tertiary/aromatic N) is 3. The number of rotatable bonds is 5. The highest BCUT2D eigenvalue weighted by atomic mass is 16.3. The van der Waals surface area contributed by atoms with Crippen molar-refractivity contribution in [1.82, 2.24) is 9.47 Å². The monoisotopic (exact) mass is 578 g/mol. The number of nitrogens with two attached hydrogens (primary N) is 1. The quantitative estimate of drug-likeness (QED) is 0.298. The standard InChI is InChI=1S/C29H30N4O9/c1-31(2)17-9-15(28(41)33-6-5-12(10-33)11-34)22(35)19-14(17)7-13-8-16-21(32(3)4)24(37)20(27(30)40)26(39)29(16,42)25(38)18(13)23(19)36/h5-6,9-11,13,16,18,20-21,35,42H,7-8H2,1-4H3,(H2,30,40)/t13-,16-,18?,20?,21-,29-/m0/s1. The molecule has 1 amide bonds. The molecule has 42 heavy (non-hydrogen) atoms. The SMILES string of the molecule is CN(C)c1cc(C(=O)n2ccc(C=O)c2)c(O)c2c1C[C@H]1C[C@H]3[C@H](N(C)C)C(=O)C(C(N)=O)C(=O)[C@@]3(O)C(=O)C1C2=O. The zero-order valence-electron chi connectivity index (χ0n) is 23.4. The number of aromatic nitrogens is 1. The Hall–Kier alpha value is -4.49. The summed E-state index contributed by atoms with van der Waals surface area (Å²) in [5.74, 6) is -12.6. The number of anilines is 1. The summed E-state index contributed by atoms with van der Waals surface area (Å²) in [6.07, 6.45) is 3.09. The van der Waals surface area contributed by atoms with Gasteiger partial charge in [0.2, 0.25) is 5.91 Å². The van der Waals surface area contributed by atoms with E-state index in [1.807, 2.05) is 0 Å². The van der Waals surface area contributed by atoms with Crippen LogP contribution in [0.5, 0.6) is 5.75 Å². The van der Waals surface area contributed by atoms with Gasteiger partial charge in [0, 0.05) is 43.7 Å². The number of likely N-dealkylation sites (N-methyl/N-ethyl adjacent to an activating group) is 1. The number of primary amides is 1. The molecule has 2 fully saturated rings. The van der Waals surface area contributed by atoms with Crippen molar-refractivity contribution in [2.45, 2.75) is 24.5 Å². The van der Waals surface area contributed by atoms with Crippen LogP contribution in [0.1, 0.15) is 43.1 Å². The number of phenols is 1. The lowest BCUT2D eigenvalue weighted by atomic mass is 9.52. The average Bonchev–Trinajstić information content (AvgIpc) is 3.39. The second-order valence-electron chi connectivity index (χ2n) is 11.6. The fraction of sp³-hybridized carbons (Fsp3) is 0.414. The largest absolute Gasteiger partial charge is 0.506 e. The van der Waals surface area contributed by atoms with Crippen LogP contribution in [-0.4, -0.2) is 101 Å². The van der Waals surface area contributed by atoms with Crippen LogP contribution in [0, 0.1) is 23.7 Å². The number of phenolic OH excluding ortho intramolecular Hbond substituents is 1. The fourth-order valence-corrected chi connectivity index (χ4v) is 6.96. The minimum absolute atomic E-state index is 0.0557. The van der Waals surface area contributed by atoms with Gasteiger partial charge in [-0.1, -0.05) is 0 Å². The van der Waals surface area contributed by atoms with Crippen LogP contribution in [0.4, 0.5) is 5.69 Å². The first-order valence-electron chi connectivity index (χ1n) is 13.2. The van der Waals surface area contributed by atoms with Crippen LogP contribution in [0.3, 0.4) is 0 Å². The first kappa shape index (κ1) is 29.0. The molecule has 5 rings (SSSR count). The highest BCUT2D eigenvalue weighted by molar-refractivity contribution is 6.32. The van der Waals surface area contributed by atoms with Gasteiger partial charge in [-0.25, -0.2) is 0 Å². The summed E-state index contributed by atoms with van der Waals surface area (Å²) in [5, 5.41) is 23.0. The Bertz CT molecular complexity index is 1610. The molecular weight excluding hydrogens is 548 g/mol. The summed E-state index contributed by atoms with van der Waals surface area (Å²) >= 11 is 0. The molecule has 220 valence electrons. The predicted molar refractivity (Wildman–Crippen MR) is 145 cm³/mol. The Labute approximate surface area is 239 Å². The molecule has 4 N–H and O–H groups in total. The molecule has 0 aliphatic heterocycles. The van der Waals surface area contributed by atoms with Crippen LogP contribution < -0.4 is 10.6 Å². The van der Waals surface area contributed by atoms with Gasteiger partial charge in [0.15, 0.2) is 40.9 Å². The first-order valence-corrected chi connectivity index (χ1v) is 13.2. The highest BCUT2D eigenvalue weighted by Crippen LogP contribution is 2.52. The predicted octanol–water partition coefficient (Wildman–Crippen LogP) is -0.764. The van der Waals surface area contributed by atoms with Gasteiger partial charge in [0.25, 0.3) is 5.91 Å². The number of amides is 1. The number of benzene rings is 1. The van der Waals surface area contributed by atoms with Crippen molar-refractivity contribution in [3.8, 4) is 5.75 Å². The van der Waals surface area contributed by atoms with Crippen molar-refractivity contribution in [3.63, 3.8) is 0 Å². The maximum absolute atomic E-state index is 14.1. The number of ketones is 4. The van der Waals surface area contributed by atoms with Crippen molar-refractivity contribution in [2.24, 2.45) is 29.4 Å². The highest BCUT2D eigenvalue weighted by Gasteiger charge is 2.69. The lowest BCUT2D eigenvalue weighted by molar-refractivity contribution is -0.181. The molecule has 2 saturated carbocycles. The zero-order chi connectivity index (χ0) is 31.0. The molecule has 1 heterocycles. The molecule has 13 heteroatoms. The maximum Gasteiger partial charge on any atom is 0.265 e. The van der Waals surface area contributed by atoms with Crippen molar-refractivity contribution in [3.05, 3.63) is 46.8 Å². The maximum atomic E-state index is 14.1.